The third kappa shape index (κ3) is 3.35. The summed E-state index contributed by atoms with van der Waals surface area (Å²) >= 11 is 11.9. The zero-order valence-corrected chi connectivity index (χ0v) is 12.4. The molecule has 0 fully saturated rings. The lowest BCUT2D eigenvalue weighted by atomic mass is 10.1. The van der Waals surface area contributed by atoms with Crippen LogP contribution in [-0.2, 0) is 0 Å². The number of hydrogen-bond donors (Lipinski definition) is 1. The molecular formula is C15H10Cl2O4. The molecule has 0 radical (unpaired) electrons. The maximum atomic E-state index is 12.0. The predicted molar refractivity (Wildman–Crippen MR) is 81.2 cm³/mol. The summed E-state index contributed by atoms with van der Waals surface area (Å²) in [4.78, 5) is 23.6. The SMILES string of the molecule is Cc1cc(O)c(C(=O)/C=C/c2c(Cl)cccc2Cl)c(=O)o1. The van der Waals surface area contributed by atoms with Gasteiger partial charge in [0, 0.05) is 21.7 Å². The lowest BCUT2D eigenvalue weighted by Gasteiger charge is -2.02. The molecule has 1 heterocycles. The largest absolute Gasteiger partial charge is 0.507 e. The van der Waals surface area contributed by atoms with Crippen molar-refractivity contribution in [2.45, 2.75) is 6.92 Å². The van der Waals surface area contributed by atoms with Crippen LogP contribution in [0.4, 0.5) is 0 Å². The smallest absolute Gasteiger partial charge is 0.351 e. The molecule has 0 amide bonds. The summed E-state index contributed by atoms with van der Waals surface area (Å²) in [5.74, 6) is -0.909. The van der Waals surface area contributed by atoms with Gasteiger partial charge in [-0.05, 0) is 31.2 Å². The Morgan fingerprint density at radius 2 is 1.90 bits per heavy atom. The molecule has 0 aliphatic heterocycles. The lowest BCUT2D eigenvalue weighted by Crippen LogP contribution is -2.12. The van der Waals surface area contributed by atoms with E-state index in [1.54, 1.807) is 18.2 Å². The van der Waals surface area contributed by atoms with Gasteiger partial charge in [-0.3, -0.25) is 4.79 Å². The number of carbonyl (C=O) groups is 1. The van der Waals surface area contributed by atoms with Crippen molar-refractivity contribution >= 4 is 35.1 Å². The van der Waals surface area contributed by atoms with Crippen LogP contribution < -0.4 is 5.63 Å². The minimum atomic E-state index is -0.896. The fourth-order valence-corrected chi connectivity index (χ4v) is 2.26. The standard InChI is InChI=1S/C15H10Cl2O4/c1-8-7-13(19)14(15(20)21-8)12(18)6-5-9-10(16)3-2-4-11(9)17/h2-7,19H,1H3/b6-5+. The van der Waals surface area contributed by atoms with Crippen LogP contribution in [0.25, 0.3) is 6.08 Å². The van der Waals surface area contributed by atoms with E-state index in [9.17, 15) is 14.7 Å². The van der Waals surface area contributed by atoms with E-state index in [2.05, 4.69) is 0 Å². The Morgan fingerprint density at radius 3 is 2.48 bits per heavy atom. The molecule has 0 aliphatic carbocycles. The summed E-state index contributed by atoms with van der Waals surface area (Å²) in [6.45, 7) is 1.49. The van der Waals surface area contributed by atoms with E-state index in [0.29, 0.717) is 15.6 Å². The van der Waals surface area contributed by atoms with E-state index in [1.165, 1.54) is 19.1 Å². The Hall–Kier alpha value is -2.04. The topological polar surface area (TPSA) is 67.5 Å². The van der Waals surface area contributed by atoms with Crippen molar-refractivity contribution in [2.24, 2.45) is 0 Å². The average molecular weight is 325 g/mol. The van der Waals surface area contributed by atoms with Gasteiger partial charge in [0.2, 0.25) is 0 Å². The third-order valence-electron chi connectivity index (χ3n) is 2.70. The molecule has 0 aliphatic rings. The third-order valence-corrected chi connectivity index (χ3v) is 3.36. The number of rotatable bonds is 3. The molecule has 108 valence electrons. The summed E-state index contributed by atoms with van der Waals surface area (Å²) in [6, 6.07) is 6.11. The van der Waals surface area contributed by atoms with Crippen molar-refractivity contribution in [3.8, 4) is 5.75 Å². The normalized spacial score (nSPS) is 11.0. The average Bonchev–Trinajstić information content (AvgIpc) is 2.36. The van der Waals surface area contributed by atoms with Crippen LogP contribution in [0.5, 0.6) is 5.75 Å². The van der Waals surface area contributed by atoms with Crippen molar-refractivity contribution in [1.29, 1.82) is 0 Å². The number of carbonyl (C=O) groups excluding carboxylic acids is 1. The van der Waals surface area contributed by atoms with E-state index >= 15 is 0 Å². The molecule has 0 unspecified atom stereocenters. The van der Waals surface area contributed by atoms with Gasteiger partial charge in [0.05, 0.1) is 0 Å². The predicted octanol–water partition coefficient (Wildman–Crippen LogP) is 3.86. The van der Waals surface area contributed by atoms with E-state index in [0.717, 1.165) is 6.08 Å². The monoisotopic (exact) mass is 324 g/mol. The van der Waals surface area contributed by atoms with Gasteiger partial charge in [0.25, 0.3) is 0 Å². The molecule has 2 rings (SSSR count). The van der Waals surface area contributed by atoms with Crippen LogP contribution in [0.3, 0.4) is 0 Å². The van der Waals surface area contributed by atoms with Crippen LogP contribution in [0.15, 0.2) is 39.6 Å². The fraction of sp³-hybridized carbons (Fsp3) is 0.0667. The quantitative estimate of drug-likeness (QED) is 0.687. The molecule has 0 bridgehead atoms. The number of ketones is 1. The lowest BCUT2D eigenvalue weighted by molar-refractivity contribution is 0.104. The van der Waals surface area contributed by atoms with Gasteiger partial charge < -0.3 is 9.52 Å². The van der Waals surface area contributed by atoms with Gasteiger partial charge in [0.1, 0.15) is 17.1 Å². The van der Waals surface area contributed by atoms with Crippen LogP contribution in [0.2, 0.25) is 10.0 Å². The highest BCUT2D eigenvalue weighted by Crippen LogP contribution is 2.26. The van der Waals surface area contributed by atoms with Gasteiger partial charge in [-0.15, -0.1) is 0 Å². The van der Waals surface area contributed by atoms with Crippen molar-refractivity contribution in [1.82, 2.24) is 0 Å². The Labute approximate surface area is 130 Å². The Balaban J connectivity index is 2.39. The Bertz CT molecular complexity index is 770. The van der Waals surface area contributed by atoms with Crippen molar-refractivity contribution in [2.75, 3.05) is 0 Å². The van der Waals surface area contributed by atoms with Gasteiger partial charge >= 0.3 is 5.63 Å². The Kier molecular flexibility index (Phi) is 4.50. The van der Waals surface area contributed by atoms with Gasteiger partial charge in [-0.25, -0.2) is 4.79 Å². The zero-order chi connectivity index (χ0) is 15.6. The summed E-state index contributed by atoms with van der Waals surface area (Å²) in [5.41, 5.74) is -0.877. The minimum Gasteiger partial charge on any atom is -0.507 e. The first-order valence-corrected chi connectivity index (χ1v) is 6.66. The van der Waals surface area contributed by atoms with Crippen LogP contribution in [0.1, 0.15) is 21.7 Å². The molecule has 2 aromatic rings. The Morgan fingerprint density at radius 1 is 1.29 bits per heavy atom. The highest BCUT2D eigenvalue weighted by molar-refractivity contribution is 6.37. The van der Waals surface area contributed by atoms with Crippen molar-refractivity contribution in [3.05, 3.63) is 67.7 Å². The molecule has 6 heteroatoms. The molecule has 1 aromatic heterocycles. The minimum absolute atomic E-state index is 0.215. The molecule has 1 N–H and O–H groups in total. The number of aromatic hydroxyl groups is 1. The zero-order valence-electron chi connectivity index (χ0n) is 10.9. The van der Waals surface area contributed by atoms with Crippen LogP contribution in [-0.4, -0.2) is 10.9 Å². The van der Waals surface area contributed by atoms with E-state index in [4.69, 9.17) is 27.6 Å². The second-order valence-corrected chi connectivity index (χ2v) is 5.05. The molecule has 21 heavy (non-hydrogen) atoms. The summed E-state index contributed by atoms with van der Waals surface area (Å²) < 4.78 is 4.79. The van der Waals surface area contributed by atoms with E-state index < -0.39 is 22.7 Å². The molecular weight excluding hydrogens is 315 g/mol. The molecule has 0 atom stereocenters. The summed E-state index contributed by atoms with van der Waals surface area (Å²) in [6.07, 6.45) is 2.49. The second kappa shape index (κ2) is 6.16. The first kappa shape index (κ1) is 15.4. The van der Waals surface area contributed by atoms with Gasteiger partial charge in [0.15, 0.2) is 5.78 Å². The molecule has 0 spiro atoms. The number of aryl methyl sites for hydroxylation is 1. The van der Waals surface area contributed by atoms with E-state index in [-0.39, 0.29) is 5.76 Å². The second-order valence-electron chi connectivity index (χ2n) is 4.24. The van der Waals surface area contributed by atoms with Crippen LogP contribution >= 0.6 is 23.2 Å². The van der Waals surface area contributed by atoms with Crippen molar-refractivity contribution in [3.63, 3.8) is 0 Å². The van der Waals surface area contributed by atoms with Gasteiger partial charge in [-0.2, -0.15) is 0 Å². The van der Waals surface area contributed by atoms with Crippen LogP contribution in [0, 0.1) is 6.92 Å². The number of benzene rings is 1. The first-order valence-electron chi connectivity index (χ1n) is 5.90. The molecule has 4 nitrogen and oxygen atoms in total. The molecule has 0 saturated carbocycles. The maximum Gasteiger partial charge on any atom is 0.351 e. The highest BCUT2D eigenvalue weighted by Gasteiger charge is 2.16. The molecule has 0 saturated heterocycles. The fourth-order valence-electron chi connectivity index (χ4n) is 1.74. The highest BCUT2D eigenvalue weighted by atomic mass is 35.5. The van der Waals surface area contributed by atoms with Gasteiger partial charge in [-0.1, -0.05) is 29.3 Å². The molecule has 1 aromatic carbocycles. The summed E-state index contributed by atoms with van der Waals surface area (Å²) in [5, 5.41) is 10.4. The summed E-state index contributed by atoms with van der Waals surface area (Å²) in [7, 11) is 0. The number of allylic oxidation sites excluding steroid dienone is 1. The maximum absolute atomic E-state index is 12.0. The number of halogens is 2. The van der Waals surface area contributed by atoms with E-state index in [1.807, 2.05) is 0 Å². The number of hydrogen-bond acceptors (Lipinski definition) is 4. The first-order chi connectivity index (χ1) is 9.90. The van der Waals surface area contributed by atoms with Crippen molar-refractivity contribution < 1.29 is 14.3 Å².